The van der Waals surface area contributed by atoms with Gasteiger partial charge < -0.3 is 15.0 Å². The van der Waals surface area contributed by atoms with E-state index < -0.39 is 0 Å². The van der Waals surface area contributed by atoms with Gasteiger partial charge in [-0.25, -0.2) is 9.37 Å². The second kappa shape index (κ2) is 7.55. The Hall–Kier alpha value is -3.54. The van der Waals surface area contributed by atoms with Gasteiger partial charge in [-0.05, 0) is 36.8 Å². The molecule has 2 heterocycles. The minimum Gasteiger partial charge on any atom is -0.484 e. The second-order valence-electron chi connectivity index (χ2n) is 9.03. The molecule has 0 radical (unpaired) electrons. The normalized spacial score (nSPS) is 21.3. The fourth-order valence-electron chi connectivity index (χ4n) is 4.84. The van der Waals surface area contributed by atoms with E-state index in [0.717, 1.165) is 39.5 Å². The SMILES string of the molecule is CC1C(=[N+](C)C)C=CC2=C(N3Cc4ccccc4NC3=O)c3ccc(N(C)C)cc3OC21. The van der Waals surface area contributed by atoms with Crippen LogP contribution < -0.4 is 15.0 Å². The molecule has 0 aromatic heterocycles. The summed E-state index contributed by atoms with van der Waals surface area (Å²) in [5, 5.41) is 3.07. The molecule has 0 saturated carbocycles. The van der Waals surface area contributed by atoms with Gasteiger partial charge in [-0.2, -0.15) is 0 Å². The van der Waals surface area contributed by atoms with E-state index in [4.69, 9.17) is 4.74 Å². The molecule has 1 aliphatic carbocycles. The summed E-state index contributed by atoms with van der Waals surface area (Å²) < 4.78 is 8.74. The molecule has 3 aliphatic rings. The van der Waals surface area contributed by atoms with E-state index in [9.17, 15) is 4.79 Å². The lowest BCUT2D eigenvalue weighted by atomic mass is 9.82. The third-order valence-corrected chi connectivity index (χ3v) is 6.54. The van der Waals surface area contributed by atoms with Crippen molar-refractivity contribution in [3.8, 4) is 5.75 Å². The zero-order chi connectivity index (χ0) is 22.6. The van der Waals surface area contributed by atoms with E-state index in [1.807, 2.05) is 37.2 Å². The zero-order valence-corrected chi connectivity index (χ0v) is 19.2. The maximum absolute atomic E-state index is 13.3. The van der Waals surface area contributed by atoms with Gasteiger partial charge in [0.2, 0.25) is 0 Å². The maximum atomic E-state index is 13.3. The molecular formula is C26H29N4O2+. The predicted molar refractivity (Wildman–Crippen MR) is 129 cm³/mol. The van der Waals surface area contributed by atoms with Crippen LogP contribution in [-0.2, 0) is 6.54 Å². The Morgan fingerprint density at radius 3 is 2.66 bits per heavy atom. The first-order valence-corrected chi connectivity index (χ1v) is 11.0. The van der Waals surface area contributed by atoms with E-state index in [0.29, 0.717) is 6.54 Å². The number of allylic oxidation sites excluding steroid dienone is 1. The number of carbonyl (C=O) groups excluding carboxylic acids is 1. The average molecular weight is 430 g/mol. The third-order valence-electron chi connectivity index (χ3n) is 6.54. The van der Waals surface area contributed by atoms with Gasteiger partial charge in [0.1, 0.15) is 25.9 Å². The summed E-state index contributed by atoms with van der Waals surface area (Å²) in [7, 11) is 8.15. The minimum absolute atomic E-state index is 0.113. The van der Waals surface area contributed by atoms with E-state index in [2.05, 4.69) is 72.2 Å². The second-order valence-corrected chi connectivity index (χ2v) is 9.03. The van der Waals surface area contributed by atoms with Gasteiger partial charge in [0.05, 0.1) is 18.2 Å². The number of urea groups is 1. The Labute approximate surface area is 189 Å². The van der Waals surface area contributed by atoms with Crippen molar-refractivity contribution in [2.45, 2.75) is 19.6 Å². The van der Waals surface area contributed by atoms with Crippen molar-refractivity contribution in [1.29, 1.82) is 0 Å². The summed E-state index contributed by atoms with van der Waals surface area (Å²) in [6.07, 6.45) is 4.10. The predicted octanol–water partition coefficient (Wildman–Crippen LogP) is 4.19. The zero-order valence-electron chi connectivity index (χ0n) is 19.2. The number of nitrogens with zero attached hydrogens (tertiary/aromatic N) is 3. The number of amides is 2. The summed E-state index contributed by atoms with van der Waals surface area (Å²) >= 11 is 0. The molecule has 32 heavy (non-hydrogen) atoms. The molecule has 0 saturated heterocycles. The van der Waals surface area contributed by atoms with Crippen LogP contribution >= 0.6 is 0 Å². The van der Waals surface area contributed by atoms with Crippen LogP contribution in [0, 0.1) is 5.92 Å². The number of ether oxygens (including phenoxy) is 1. The number of rotatable bonds is 2. The van der Waals surface area contributed by atoms with E-state index in [1.165, 1.54) is 5.71 Å². The molecule has 164 valence electrons. The molecule has 1 N–H and O–H groups in total. The summed E-state index contributed by atoms with van der Waals surface area (Å²) in [6.45, 7) is 2.71. The summed E-state index contributed by atoms with van der Waals surface area (Å²) in [4.78, 5) is 17.2. The number of hydrogen-bond acceptors (Lipinski definition) is 3. The van der Waals surface area contributed by atoms with Gasteiger partial charge in [-0.15, -0.1) is 0 Å². The highest BCUT2D eigenvalue weighted by Crippen LogP contribution is 2.45. The molecular weight excluding hydrogens is 400 g/mol. The molecule has 2 amide bonds. The van der Waals surface area contributed by atoms with E-state index >= 15 is 0 Å². The molecule has 0 fully saturated rings. The summed E-state index contributed by atoms with van der Waals surface area (Å²) in [5.74, 6) is 0.961. The van der Waals surface area contributed by atoms with Gasteiger partial charge in [0.15, 0.2) is 5.71 Å². The number of hydrogen-bond donors (Lipinski definition) is 1. The van der Waals surface area contributed by atoms with Crippen LogP contribution in [0.2, 0.25) is 0 Å². The van der Waals surface area contributed by atoms with Crippen molar-refractivity contribution in [2.75, 3.05) is 38.4 Å². The fraction of sp³-hybridized carbons (Fsp3) is 0.308. The number of anilines is 2. The highest BCUT2D eigenvalue weighted by atomic mass is 16.5. The first-order valence-electron chi connectivity index (χ1n) is 11.0. The Morgan fingerprint density at radius 1 is 1.12 bits per heavy atom. The first-order chi connectivity index (χ1) is 15.3. The van der Waals surface area contributed by atoms with Gasteiger partial charge in [-0.1, -0.05) is 18.2 Å². The van der Waals surface area contributed by atoms with Gasteiger partial charge in [0.25, 0.3) is 0 Å². The molecule has 2 unspecified atom stereocenters. The van der Waals surface area contributed by atoms with Crippen molar-refractivity contribution >= 4 is 28.8 Å². The lowest BCUT2D eigenvalue weighted by Gasteiger charge is -2.40. The average Bonchev–Trinajstić information content (AvgIpc) is 2.77. The van der Waals surface area contributed by atoms with Crippen molar-refractivity contribution in [3.63, 3.8) is 0 Å². The number of benzene rings is 2. The molecule has 2 aromatic carbocycles. The number of para-hydroxylation sites is 1. The highest BCUT2D eigenvalue weighted by molar-refractivity contribution is 6.02. The van der Waals surface area contributed by atoms with Gasteiger partial charge in [-0.3, -0.25) is 4.90 Å². The number of fused-ring (bicyclic) bond motifs is 3. The molecule has 6 nitrogen and oxygen atoms in total. The summed E-state index contributed by atoms with van der Waals surface area (Å²) in [5.41, 5.74) is 7.17. The van der Waals surface area contributed by atoms with Crippen molar-refractivity contribution in [3.05, 3.63) is 71.3 Å². The van der Waals surface area contributed by atoms with Crippen LogP contribution in [0.15, 0.2) is 60.2 Å². The lowest BCUT2D eigenvalue weighted by molar-refractivity contribution is -0.466. The molecule has 2 atom stereocenters. The monoisotopic (exact) mass is 429 g/mol. The molecule has 2 aliphatic heterocycles. The highest BCUT2D eigenvalue weighted by Gasteiger charge is 2.41. The molecule has 0 bridgehead atoms. The molecule has 0 spiro atoms. The van der Waals surface area contributed by atoms with E-state index in [-0.39, 0.29) is 18.1 Å². The van der Waals surface area contributed by atoms with E-state index in [1.54, 1.807) is 0 Å². The summed E-state index contributed by atoms with van der Waals surface area (Å²) in [6, 6.07) is 14.1. The molecule has 2 aromatic rings. The Bertz CT molecular complexity index is 1200. The van der Waals surface area contributed by atoms with Crippen molar-refractivity contribution < 1.29 is 14.1 Å². The van der Waals surface area contributed by atoms with Crippen molar-refractivity contribution in [2.24, 2.45) is 5.92 Å². The number of nitrogens with one attached hydrogen (secondary N) is 1. The fourth-order valence-corrected chi connectivity index (χ4v) is 4.84. The van der Waals surface area contributed by atoms with Crippen LogP contribution in [0.1, 0.15) is 18.1 Å². The topological polar surface area (TPSA) is 47.8 Å². The minimum atomic E-state index is -0.165. The smallest absolute Gasteiger partial charge is 0.326 e. The Balaban J connectivity index is 1.71. The lowest BCUT2D eigenvalue weighted by Crippen LogP contribution is -2.44. The Kier molecular flexibility index (Phi) is 4.81. The van der Waals surface area contributed by atoms with Crippen LogP contribution in [0.5, 0.6) is 5.75 Å². The largest absolute Gasteiger partial charge is 0.484 e. The molecule has 6 heteroatoms. The van der Waals surface area contributed by atoms with Crippen LogP contribution in [-0.4, -0.2) is 55.5 Å². The third kappa shape index (κ3) is 3.18. The number of carbonyl (C=O) groups is 1. The van der Waals surface area contributed by atoms with Gasteiger partial charge >= 0.3 is 6.03 Å². The van der Waals surface area contributed by atoms with Crippen LogP contribution in [0.4, 0.5) is 16.2 Å². The molecule has 5 rings (SSSR count). The van der Waals surface area contributed by atoms with Crippen molar-refractivity contribution in [1.82, 2.24) is 4.90 Å². The van der Waals surface area contributed by atoms with Crippen LogP contribution in [0.3, 0.4) is 0 Å². The first kappa shape index (κ1) is 20.4. The Morgan fingerprint density at radius 2 is 1.91 bits per heavy atom. The standard InChI is InChI=1S/C26H28N4O2/c1-16-22(29(4)5)13-12-20-24(30-15-17-8-6-7-9-21(17)27-26(30)31)19-11-10-18(28(2)3)14-23(19)32-25(16)20/h6-14,16,25H,15H2,1-5H3/p+1. The maximum Gasteiger partial charge on any atom is 0.326 e. The van der Waals surface area contributed by atoms with Crippen LogP contribution in [0.25, 0.3) is 5.70 Å². The quantitative estimate of drug-likeness (QED) is 0.729. The van der Waals surface area contributed by atoms with Gasteiger partial charge in [0, 0.05) is 48.7 Å².